The van der Waals surface area contributed by atoms with Crippen LogP contribution < -0.4 is 0 Å². The molecule has 0 spiro atoms. The van der Waals surface area contributed by atoms with E-state index in [2.05, 4.69) is 4.74 Å². The zero-order valence-corrected chi connectivity index (χ0v) is 9.99. The first-order valence-corrected chi connectivity index (χ1v) is 5.46. The molecule has 0 heterocycles. The first kappa shape index (κ1) is 15.6. The van der Waals surface area contributed by atoms with E-state index < -0.39 is 23.2 Å². The van der Waals surface area contributed by atoms with E-state index in [0.717, 1.165) is 11.8 Å². The van der Waals surface area contributed by atoms with Gasteiger partial charge in [0.25, 0.3) is 5.12 Å². The maximum absolute atomic E-state index is 10.9. The molecule has 0 N–H and O–H groups in total. The minimum absolute atomic E-state index is 0.00824. The SMILES string of the molecule is C#CC(=O)OCC(CSC(=O)C#C)OC(=O)C#C. The lowest BCUT2D eigenvalue weighted by atomic mass is 10.4. The van der Waals surface area contributed by atoms with E-state index in [-0.39, 0.29) is 12.4 Å². The molecule has 1 atom stereocenters. The van der Waals surface area contributed by atoms with Gasteiger partial charge in [-0.2, -0.15) is 0 Å². The van der Waals surface area contributed by atoms with Crippen molar-refractivity contribution in [1.29, 1.82) is 0 Å². The van der Waals surface area contributed by atoms with E-state index in [1.165, 1.54) is 0 Å². The molecule has 0 bridgehead atoms. The van der Waals surface area contributed by atoms with Crippen molar-refractivity contribution in [2.45, 2.75) is 6.10 Å². The fraction of sp³-hybridized carbons (Fsp3) is 0.250. The van der Waals surface area contributed by atoms with Gasteiger partial charge in [-0.05, 0) is 5.92 Å². The fourth-order valence-corrected chi connectivity index (χ4v) is 1.31. The van der Waals surface area contributed by atoms with Crippen molar-refractivity contribution in [3.63, 3.8) is 0 Å². The summed E-state index contributed by atoms with van der Waals surface area (Å²) in [5.41, 5.74) is 0. The van der Waals surface area contributed by atoms with Gasteiger partial charge >= 0.3 is 11.9 Å². The van der Waals surface area contributed by atoms with Crippen molar-refractivity contribution in [2.24, 2.45) is 0 Å². The van der Waals surface area contributed by atoms with Crippen molar-refractivity contribution in [3.05, 3.63) is 0 Å². The summed E-state index contributed by atoms with van der Waals surface area (Å²) < 4.78 is 9.29. The highest BCUT2D eigenvalue weighted by atomic mass is 32.2. The second-order valence-corrected chi connectivity index (χ2v) is 3.65. The molecule has 0 saturated heterocycles. The molecule has 1 unspecified atom stereocenters. The van der Waals surface area contributed by atoms with E-state index in [0.29, 0.717) is 0 Å². The highest BCUT2D eigenvalue weighted by Gasteiger charge is 2.17. The summed E-state index contributed by atoms with van der Waals surface area (Å²) in [7, 11) is 0. The highest BCUT2D eigenvalue weighted by Crippen LogP contribution is 2.08. The Kier molecular flexibility index (Phi) is 7.61. The van der Waals surface area contributed by atoms with Gasteiger partial charge in [-0.15, -0.1) is 19.3 Å². The number of terminal acetylenes is 3. The third-order valence-electron chi connectivity index (χ3n) is 1.43. The number of hydrogen-bond acceptors (Lipinski definition) is 6. The largest absolute Gasteiger partial charge is 0.452 e. The maximum atomic E-state index is 10.9. The van der Waals surface area contributed by atoms with Crippen LogP contribution >= 0.6 is 11.8 Å². The zero-order chi connectivity index (χ0) is 14.0. The van der Waals surface area contributed by atoms with Gasteiger partial charge in [-0.25, -0.2) is 9.59 Å². The minimum Gasteiger partial charge on any atom is -0.452 e. The third kappa shape index (κ3) is 7.00. The maximum Gasteiger partial charge on any atom is 0.384 e. The fourth-order valence-electron chi connectivity index (χ4n) is 0.722. The number of thioether (sulfide) groups is 1. The van der Waals surface area contributed by atoms with E-state index in [1.54, 1.807) is 11.8 Å². The molecular formula is C12H8O5S. The van der Waals surface area contributed by atoms with E-state index in [9.17, 15) is 14.4 Å². The first-order valence-electron chi connectivity index (χ1n) is 4.47. The second kappa shape index (κ2) is 8.75. The van der Waals surface area contributed by atoms with Gasteiger partial charge in [0.2, 0.25) is 0 Å². The molecule has 0 aromatic heterocycles. The van der Waals surface area contributed by atoms with E-state index in [1.807, 2.05) is 5.92 Å². The van der Waals surface area contributed by atoms with Crippen molar-refractivity contribution < 1.29 is 23.9 Å². The Morgan fingerprint density at radius 2 is 1.67 bits per heavy atom. The summed E-state index contributed by atoms with van der Waals surface area (Å²) >= 11 is 0.732. The van der Waals surface area contributed by atoms with Gasteiger partial charge in [-0.3, -0.25) is 4.79 Å². The molecule has 0 aliphatic carbocycles. The third-order valence-corrected chi connectivity index (χ3v) is 2.35. The summed E-state index contributed by atoms with van der Waals surface area (Å²) in [5.74, 6) is 3.46. The van der Waals surface area contributed by atoms with Crippen LogP contribution in [0.2, 0.25) is 0 Å². The van der Waals surface area contributed by atoms with Crippen LogP contribution in [0.3, 0.4) is 0 Å². The molecule has 92 valence electrons. The van der Waals surface area contributed by atoms with Crippen LogP contribution in [-0.4, -0.2) is 35.5 Å². The number of esters is 2. The predicted molar refractivity (Wildman–Crippen MR) is 64.8 cm³/mol. The number of carbonyl (C=O) groups excluding carboxylic acids is 3. The molecule has 18 heavy (non-hydrogen) atoms. The Morgan fingerprint density at radius 3 is 2.17 bits per heavy atom. The Morgan fingerprint density at radius 1 is 1.06 bits per heavy atom. The van der Waals surface area contributed by atoms with Crippen molar-refractivity contribution >= 4 is 28.8 Å². The topological polar surface area (TPSA) is 69.7 Å². The normalized spacial score (nSPS) is 10.1. The molecule has 0 radical (unpaired) electrons. The Labute approximate surface area is 109 Å². The quantitative estimate of drug-likeness (QED) is 0.382. The lowest BCUT2D eigenvalue weighted by Gasteiger charge is -2.14. The van der Waals surface area contributed by atoms with Gasteiger partial charge in [0.1, 0.15) is 12.7 Å². The zero-order valence-electron chi connectivity index (χ0n) is 9.17. The Bertz CT molecular complexity index is 430. The molecule has 0 aromatic carbocycles. The van der Waals surface area contributed by atoms with Crippen molar-refractivity contribution in [2.75, 3.05) is 12.4 Å². The molecule has 6 heteroatoms. The number of hydrogen-bond donors (Lipinski definition) is 0. The summed E-state index contributed by atoms with van der Waals surface area (Å²) in [6, 6.07) is 0. The average Bonchev–Trinajstić information content (AvgIpc) is 2.40. The van der Waals surface area contributed by atoms with Gasteiger partial charge < -0.3 is 9.47 Å². The molecule has 5 nitrogen and oxygen atoms in total. The first-order chi connectivity index (χ1) is 8.53. The van der Waals surface area contributed by atoms with E-state index >= 15 is 0 Å². The summed E-state index contributed by atoms with van der Waals surface area (Å²) in [6.45, 7) is -0.304. The van der Waals surface area contributed by atoms with Gasteiger partial charge in [0, 0.05) is 17.6 Å². The molecule has 0 aliphatic rings. The van der Waals surface area contributed by atoms with Crippen LogP contribution in [0.1, 0.15) is 0 Å². The molecule has 0 amide bonds. The van der Waals surface area contributed by atoms with Crippen LogP contribution in [0, 0.1) is 37.0 Å². The number of rotatable bonds is 5. The average molecular weight is 264 g/mol. The molecule has 0 aromatic rings. The lowest BCUT2D eigenvalue weighted by Crippen LogP contribution is -2.27. The van der Waals surface area contributed by atoms with Crippen LogP contribution in [0.5, 0.6) is 0 Å². The number of ether oxygens (including phenoxy) is 2. The van der Waals surface area contributed by atoms with Crippen LogP contribution in [-0.2, 0) is 23.9 Å². The molecule has 0 aliphatic heterocycles. The van der Waals surface area contributed by atoms with Crippen LogP contribution in [0.25, 0.3) is 0 Å². The summed E-state index contributed by atoms with van der Waals surface area (Å²) in [4.78, 5) is 32.5. The molecular weight excluding hydrogens is 256 g/mol. The summed E-state index contributed by atoms with van der Waals surface area (Å²) in [5, 5.41) is -0.542. The summed E-state index contributed by atoms with van der Waals surface area (Å²) in [6.07, 6.45) is 13.6. The Balaban J connectivity index is 4.35. The van der Waals surface area contributed by atoms with Gasteiger partial charge in [-0.1, -0.05) is 11.8 Å². The van der Waals surface area contributed by atoms with Crippen molar-refractivity contribution in [3.8, 4) is 37.0 Å². The smallest absolute Gasteiger partial charge is 0.384 e. The highest BCUT2D eigenvalue weighted by molar-refractivity contribution is 8.14. The minimum atomic E-state index is -0.939. The molecule has 0 rings (SSSR count). The number of carbonyl (C=O) groups is 3. The molecule has 0 fully saturated rings. The molecule has 0 saturated carbocycles. The van der Waals surface area contributed by atoms with Gasteiger partial charge in [0.15, 0.2) is 0 Å². The van der Waals surface area contributed by atoms with Crippen LogP contribution in [0.4, 0.5) is 0 Å². The van der Waals surface area contributed by atoms with E-state index in [4.69, 9.17) is 24.0 Å². The van der Waals surface area contributed by atoms with Crippen LogP contribution in [0.15, 0.2) is 0 Å². The second-order valence-electron chi connectivity index (χ2n) is 2.66. The standard InChI is InChI=1S/C12H8O5S/c1-4-10(13)16-7-9(17-11(14)5-2)8-18-12(15)6-3/h1-3,9H,7-8H2. The lowest BCUT2D eigenvalue weighted by molar-refractivity contribution is -0.150. The van der Waals surface area contributed by atoms with Gasteiger partial charge in [0.05, 0.1) is 0 Å². The predicted octanol–water partition coefficient (Wildman–Crippen LogP) is -0.399. The Hall–Kier alpha value is -2.36. The monoisotopic (exact) mass is 264 g/mol. The van der Waals surface area contributed by atoms with Crippen molar-refractivity contribution in [1.82, 2.24) is 0 Å².